The fourth-order valence-electron chi connectivity index (χ4n) is 2.48. The average Bonchev–Trinajstić information content (AvgIpc) is 3.02. The summed E-state index contributed by atoms with van der Waals surface area (Å²) in [7, 11) is 1.72. The Morgan fingerprint density at radius 1 is 1.29 bits per heavy atom. The first-order valence-corrected chi connectivity index (χ1v) is 7.84. The monoisotopic (exact) mass is 301 g/mol. The van der Waals surface area contributed by atoms with Crippen molar-refractivity contribution in [1.29, 1.82) is 0 Å². The zero-order valence-corrected chi connectivity index (χ0v) is 13.1. The van der Waals surface area contributed by atoms with E-state index in [-0.39, 0.29) is 0 Å². The van der Waals surface area contributed by atoms with E-state index >= 15 is 0 Å². The highest BCUT2D eigenvalue weighted by Crippen LogP contribution is 2.16. The number of rotatable bonds is 6. The molecule has 1 aromatic carbocycles. The number of ether oxygens (including phenoxy) is 1. The van der Waals surface area contributed by atoms with Crippen LogP contribution in [0.2, 0.25) is 0 Å². The highest BCUT2D eigenvalue weighted by atomic mass is 32.1. The first-order chi connectivity index (χ1) is 10.3. The van der Waals surface area contributed by atoms with Gasteiger partial charge in [-0.3, -0.25) is 4.40 Å². The molecular weight excluding hydrogens is 282 g/mol. The first kappa shape index (κ1) is 14.3. The molecule has 0 fully saturated rings. The fraction of sp³-hybridized carbons (Fsp3) is 0.312. The van der Waals surface area contributed by atoms with E-state index in [1.165, 1.54) is 16.8 Å². The Kier molecular flexibility index (Phi) is 4.34. The minimum atomic E-state index is 0.658. The quantitative estimate of drug-likeness (QED) is 0.760. The molecule has 4 nitrogen and oxygen atoms in total. The average molecular weight is 301 g/mol. The number of nitrogens with zero attached hydrogens (tertiary/aromatic N) is 2. The van der Waals surface area contributed by atoms with Crippen LogP contribution in [0.15, 0.2) is 35.8 Å². The summed E-state index contributed by atoms with van der Waals surface area (Å²) in [6, 6.07) is 8.48. The van der Waals surface area contributed by atoms with Crippen LogP contribution in [-0.4, -0.2) is 16.5 Å². The number of fused-ring (bicyclic) bond motifs is 1. The molecular formula is C16H19N3OS. The Balaban J connectivity index is 1.64. The number of hydrogen-bond acceptors (Lipinski definition) is 4. The normalized spacial score (nSPS) is 11.3. The topological polar surface area (TPSA) is 38.6 Å². The van der Waals surface area contributed by atoms with Crippen LogP contribution in [0.4, 0.5) is 0 Å². The molecule has 5 heteroatoms. The van der Waals surface area contributed by atoms with Crippen molar-refractivity contribution in [2.24, 2.45) is 0 Å². The van der Waals surface area contributed by atoms with Crippen LogP contribution in [0.5, 0.6) is 0 Å². The Hall–Kier alpha value is -1.69. The van der Waals surface area contributed by atoms with Crippen molar-refractivity contribution in [3.05, 3.63) is 58.4 Å². The second-order valence-electron chi connectivity index (χ2n) is 5.06. The lowest BCUT2D eigenvalue weighted by atomic mass is 10.1. The molecule has 2 heterocycles. The van der Waals surface area contributed by atoms with E-state index in [0.717, 1.165) is 23.7 Å². The molecule has 2 aromatic heterocycles. The van der Waals surface area contributed by atoms with E-state index in [9.17, 15) is 0 Å². The first-order valence-electron chi connectivity index (χ1n) is 6.96. The molecule has 0 spiro atoms. The lowest BCUT2D eigenvalue weighted by molar-refractivity contribution is 0.185. The van der Waals surface area contributed by atoms with Crippen LogP contribution in [0.3, 0.4) is 0 Å². The van der Waals surface area contributed by atoms with Crippen LogP contribution < -0.4 is 5.32 Å². The summed E-state index contributed by atoms with van der Waals surface area (Å²) in [4.78, 5) is 5.62. The van der Waals surface area contributed by atoms with Crippen molar-refractivity contribution >= 4 is 16.3 Å². The number of hydrogen-bond donors (Lipinski definition) is 1. The van der Waals surface area contributed by atoms with Crippen molar-refractivity contribution in [3.8, 4) is 0 Å². The molecule has 3 aromatic rings. The molecule has 21 heavy (non-hydrogen) atoms. The molecule has 0 atom stereocenters. The van der Waals surface area contributed by atoms with Crippen LogP contribution >= 0.6 is 11.3 Å². The standard InChI is InChI=1S/C16H19N3OS/c1-12-15(19-6-7-21-16(19)18-12)10-17-9-13-4-3-5-14(8-13)11-20-2/h3-8,17H,9-11H2,1-2H3. The van der Waals surface area contributed by atoms with Gasteiger partial charge in [-0.05, 0) is 18.1 Å². The lowest BCUT2D eigenvalue weighted by Gasteiger charge is -2.07. The molecule has 0 aliphatic carbocycles. The molecule has 0 aliphatic heterocycles. The van der Waals surface area contributed by atoms with Gasteiger partial charge in [0.1, 0.15) is 0 Å². The van der Waals surface area contributed by atoms with Gasteiger partial charge in [-0.1, -0.05) is 24.3 Å². The summed E-state index contributed by atoms with van der Waals surface area (Å²) in [6.07, 6.45) is 2.08. The van der Waals surface area contributed by atoms with Crippen molar-refractivity contribution in [3.63, 3.8) is 0 Å². The van der Waals surface area contributed by atoms with Crippen molar-refractivity contribution in [2.75, 3.05) is 7.11 Å². The highest BCUT2D eigenvalue weighted by molar-refractivity contribution is 7.15. The summed E-state index contributed by atoms with van der Waals surface area (Å²) in [5.41, 5.74) is 4.81. The van der Waals surface area contributed by atoms with E-state index in [4.69, 9.17) is 4.74 Å². The number of imidazole rings is 1. The van der Waals surface area contributed by atoms with Crippen LogP contribution in [0.25, 0.3) is 4.96 Å². The summed E-state index contributed by atoms with van der Waals surface area (Å²) in [6.45, 7) is 4.38. The Labute approximate surface area is 128 Å². The van der Waals surface area contributed by atoms with Gasteiger partial charge in [-0.2, -0.15) is 0 Å². The van der Waals surface area contributed by atoms with Crippen molar-refractivity contribution < 1.29 is 4.74 Å². The third-order valence-corrected chi connectivity index (χ3v) is 4.24. The predicted octanol–water partition coefficient (Wildman–Crippen LogP) is 3.14. The highest BCUT2D eigenvalue weighted by Gasteiger charge is 2.08. The maximum Gasteiger partial charge on any atom is 0.194 e. The van der Waals surface area contributed by atoms with Gasteiger partial charge in [0.2, 0.25) is 0 Å². The van der Waals surface area contributed by atoms with Gasteiger partial charge in [0, 0.05) is 31.8 Å². The summed E-state index contributed by atoms with van der Waals surface area (Å²) < 4.78 is 7.33. The van der Waals surface area contributed by atoms with Crippen LogP contribution in [0, 0.1) is 6.92 Å². The second kappa shape index (κ2) is 6.39. The van der Waals surface area contributed by atoms with E-state index in [1.807, 2.05) is 0 Å². The Morgan fingerprint density at radius 3 is 3.00 bits per heavy atom. The number of nitrogens with one attached hydrogen (secondary N) is 1. The third kappa shape index (κ3) is 3.15. The molecule has 1 N–H and O–H groups in total. The van der Waals surface area contributed by atoms with Gasteiger partial charge >= 0.3 is 0 Å². The third-order valence-electron chi connectivity index (χ3n) is 3.49. The SMILES string of the molecule is COCc1cccc(CNCc2c(C)nc3sccn23)c1. The molecule has 110 valence electrons. The molecule has 0 saturated carbocycles. The Bertz CT molecular complexity index is 732. The molecule has 0 bridgehead atoms. The van der Waals surface area contributed by atoms with Crippen molar-refractivity contribution in [1.82, 2.24) is 14.7 Å². The summed E-state index contributed by atoms with van der Waals surface area (Å²) in [5, 5.41) is 5.57. The maximum absolute atomic E-state index is 5.17. The van der Waals surface area contributed by atoms with Gasteiger partial charge in [0.15, 0.2) is 4.96 Å². The minimum absolute atomic E-state index is 0.658. The number of aryl methyl sites for hydroxylation is 1. The summed E-state index contributed by atoms with van der Waals surface area (Å²) >= 11 is 1.67. The van der Waals surface area contributed by atoms with E-state index < -0.39 is 0 Å². The predicted molar refractivity (Wildman–Crippen MR) is 85.5 cm³/mol. The summed E-state index contributed by atoms with van der Waals surface area (Å²) in [5.74, 6) is 0. The van der Waals surface area contributed by atoms with Crippen LogP contribution in [-0.2, 0) is 24.4 Å². The van der Waals surface area contributed by atoms with Gasteiger partial charge < -0.3 is 10.1 Å². The molecule has 0 aliphatic rings. The van der Waals surface area contributed by atoms with Gasteiger partial charge in [-0.25, -0.2) is 4.98 Å². The van der Waals surface area contributed by atoms with Gasteiger partial charge in [-0.15, -0.1) is 11.3 Å². The Morgan fingerprint density at radius 2 is 2.14 bits per heavy atom. The number of thiazole rings is 1. The zero-order valence-electron chi connectivity index (χ0n) is 12.3. The molecule has 0 unspecified atom stereocenters. The smallest absolute Gasteiger partial charge is 0.194 e. The molecule has 0 amide bonds. The fourth-order valence-corrected chi connectivity index (χ4v) is 3.25. The van der Waals surface area contributed by atoms with E-state index in [1.54, 1.807) is 18.4 Å². The molecule has 3 rings (SSSR count). The van der Waals surface area contributed by atoms with Gasteiger partial charge in [0.25, 0.3) is 0 Å². The van der Waals surface area contributed by atoms with E-state index in [0.29, 0.717) is 6.61 Å². The lowest BCUT2D eigenvalue weighted by Crippen LogP contribution is -2.14. The molecule has 0 radical (unpaired) electrons. The van der Waals surface area contributed by atoms with Crippen LogP contribution in [0.1, 0.15) is 22.5 Å². The number of aromatic nitrogens is 2. The number of methoxy groups -OCH3 is 1. The van der Waals surface area contributed by atoms with Gasteiger partial charge in [0.05, 0.1) is 18.0 Å². The maximum atomic E-state index is 5.17. The second-order valence-corrected chi connectivity index (χ2v) is 5.93. The zero-order chi connectivity index (χ0) is 14.7. The minimum Gasteiger partial charge on any atom is -0.380 e. The largest absolute Gasteiger partial charge is 0.380 e. The van der Waals surface area contributed by atoms with E-state index in [2.05, 4.69) is 57.5 Å². The van der Waals surface area contributed by atoms with Crippen molar-refractivity contribution in [2.45, 2.75) is 26.6 Å². The number of benzene rings is 1. The molecule has 0 saturated heterocycles.